The van der Waals surface area contributed by atoms with Crippen molar-refractivity contribution >= 4 is 5.91 Å². The maximum absolute atomic E-state index is 11.9. The number of oxazole rings is 1. The summed E-state index contributed by atoms with van der Waals surface area (Å²) in [6.45, 7) is 0.271. The van der Waals surface area contributed by atoms with Crippen LogP contribution in [0.15, 0.2) is 65.2 Å². The molecule has 0 atom stereocenters. The van der Waals surface area contributed by atoms with E-state index in [9.17, 15) is 4.79 Å². The Bertz CT molecular complexity index is 830. The standard InChI is InChI=1S/C19H18N2O4/c22-10-9-20-19(23)15-7-4-8-16(11-15)24-13-18-21-12-17(25-18)14-5-2-1-3-6-14/h1-8,11-12,22H,9-10,13H2,(H,20,23). The minimum Gasteiger partial charge on any atom is -0.484 e. The largest absolute Gasteiger partial charge is 0.484 e. The predicted molar refractivity (Wildman–Crippen MR) is 92.1 cm³/mol. The van der Waals surface area contributed by atoms with Gasteiger partial charge < -0.3 is 19.6 Å². The number of aromatic nitrogens is 1. The summed E-state index contributed by atoms with van der Waals surface area (Å²) < 4.78 is 11.3. The number of hydrogen-bond donors (Lipinski definition) is 2. The number of carbonyl (C=O) groups is 1. The second-order valence-corrected chi connectivity index (χ2v) is 5.28. The van der Waals surface area contributed by atoms with Gasteiger partial charge in [-0.25, -0.2) is 4.98 Å². The summed E-state index contributed by atoms with van der Waals surface area (Å²) in [6.07, 6.45) is 1.66. The van der Waals surface area contributed by atoms with E-state index in [2.05, 4.69) is 10.3 Å². The molecule has 0 fully saturated rings. The molecule has 2 aromatic carbocycles. The van der Waals surface area contributed by atoms with Gasteiger partial charge in [-0.3, -0.25) is 4.79 Å². The number of nitrogens with one attached hydrogen (secondary N) is 1. The first kappa shape index (κ1) is 16.7. The first-order valence-electron chi connectivity index (χ1n) is 7.88. The molecule has 0 aliphatic rings. The van der Waals surface area contributed by atoms with Gasteiger partial charge in [0.25, 0.3) is 5.91 Å². The number of amides is 1. The van der Waals surface area contributed by atoms with Crippen molar-refractivity contribution in [3.63, 3.8) is 0 Å². The van der Waals surface area contributed by atoms with Gasteiger partial charge in [0, 0.05) is 17.7 Å². The van der Waals surface area contributed by atoms with Gasteiger partial charge in [-0.05, 0) is 18.2 Å². The quantitative estimate of drug-likeness (QED) is 0.692. The Hall–Kier alpha value is -3.12. The molecule has 1 amide bonds. The average molecular weight is 338 g/mol. The molecular formula is C19H18N2O4. The number of aliphatic hydroxyl groups excluding tert-OH is 1. The lowest BCUT2D eigenvalue weighted by molar-refractivity contribution is 0.0944. The highest BCUT2D eigenvalue weighted by atomic mass is 16.5. The molecule has 0 saturated carbocycles. The molecule has 128 valence electrons. The summed E-state index contributed by atoms with van der Waals surface area (Å²) in [7, 11) is 0. The van der Waals surface area contributed by atoms with Crippen LogP contribution in [0.25, 0.3) is 11.3 Å². The number of rotatable bonds is 7. The lowest BCUT2D eigenvalue weighted by Gasteiger charge is -2.07. The van der Waals surface area contributed by atoms with Crippen molar-refractivity contribution in [3.05, 3.63) is 72.2 Å². The van der Waals surface area contributed by atoms with Gasteiger partial charge in [-0.15, -0.1) is 0 Å². The van der Waals surface area contributed by atoms with Gasteiger partial charge >= 0.3 is 0 Å². The molecule has 1 heterocycles. The third-order valence-electron chi connectivity index (χ3n) is 3.47. The van der Waals surface area contributed by atoms with Crippen LogP contribution in [-0.2, 0) is 6.61 Å². The molecular weight excluding hydrogens is 320 g/mol. The maximum Gasteiger partial charge on any atom is 0.251 e. The van der Waals surface area contributed by atoms with Crippen molar-refractivity contribution in [1.82, 2.24) is 10.3 Å². The molecule has 0 bridgehead atoms. The normalized spacial score (nSPS) is 10.4. The maximum atomic E-state index is 11.9. The minimum absolute atomic E-state index is 0.101. The summed E-state index contributed by atoms with van der Waals surface area (Å²) in [5.74, 6) is 1.41. The van der Waals surface area contributed by atoms with Crippen LogP contribution >= 0.6 is 0 Å². The van der Waals surface area contributed by atoms with Crippen LogP contribution in [-0.4, -0.2) is 29.1 Å². The molecule has 3 rings (SSSR count). The van der Waals surface area contributed by atoms with E-state index < -0.39 is 0 Å². The zero-order chi connectivity index (χ0) is 17.5. The van der Waals surface area contributed by atoms with E-state index in [0.717, 1.165) is 5.56 Å². The van der Waals surface area contributed by atoms with Crippen LogP contribution in [0.2, 0.25) is 0 Å². The number of carbonyl (C=O) groups excluding carboxylic acids is 1. The second-order valence-electron chi connectivity index (χ2n) is 5.28. The Morgan fingerprint density at radius 2 is 2.00 bits per heavy atom. The van der Waals surface area contributed by atoms with E-state index in [4.69, 9.17) is 14.3 Å². The van der Waals surface area contributed by atoms with Crippen LogP contribution in [0.4, 0.5) is 0 Å². The Kier molecular flexibility index (Phi) is 5.43. The highest BCUT2D eigenvalue weighted by Gasteiger charge is 2.09. The van der Waals surface area contributed by atoms with Gasteiger partial charge in [0.2, 0.25) is 5.89 Å². The molecule has 0 unspecified atom stereocenters. The molecule has 3 aromatic rings. The fourth-order valence-electron chi connectivity index (χ4n) is 2.26. The average Bonchev–Trinajstić information content (AvgIpc) is 3.14. The third kappa shape index (κ3) is 4.45. The lowest BCUT2D eigenvalue weighted by atomic mass is 10.2. The van der Waals surface area contributed by atoms with Crippen molar-refractivity contribution in [2.24, 2.45) is 0 Å². The first-order chi connectivity index (χ1) is 12.3. The Morgan fingerprint density at radius 3 is 2.80 bits per heavy atom. The Balaban J connectivity index is 1.62. The fraction of sp³-hybridized carbons (Fsp3) is 0.158. The number of ether oxygens (including phenoxy) is 1. The smallest absolute Gasteiger partial charge is 0.251 e. The van der Waals surface area contributed by atoms with Gasteiger partial charge in [-0.1, -0.05) is 36.4 Å². The van der Waals surface area contributed by atoms with E-state index in [1.807, 2.05) is 30.3 Å². The molecule has 0 saturated heterocycles. The number of nitrogens with zero attached hydrogens (tertiary/aromatic N) is 1. The summed E-state index contributed by atoms with van der Waals surface area (Å²) in [4.78, 5) is 16.1. The lowest BCUT2D eigenvalue weighted by Crippen LogP contribution is -2.26. The van der Waals surface area contributed by atoms with E-state index in [0.29, 0.717) is 23.0 Å². The molecule has 0 aliphatic carbocycles. The van der Waals surface area contributed by atoms with Crippen molar-refractivity contribution in [2.75, 3.05) is 13.2 Å². The summed E-state index contributed by atoms with van der Waals surface area (Å²) in [5, 5.41) is 11.4. The SMILES string of the molecule is O=C(NCCO)c1cccc(OCc2ncc(-c3ccccc3)o2)c1. The van der Waals surface area contributed by atoms with Crippen molar-refractivity contribution in [3.8, 4) is 17.1 Å². The number of aliphatic hydroxyl groups is 1. The third-order valence-corrected chi connectivity index (χ3v) is 3.47. The van der Waals surface area contributed by atoms with E-state index >= 15 is 0 Å². The molecule has 2 N–H and O–H groups in total. The van der Waals surface area contributed by atoms with Gasteiger partial charge in [-0.2, -0.15) is 0 Å². The number of benzene rings is 2. The van der Waals surface area contributed by atoms with Crippen LogP contribution < -0.4 is 10.1 Å². The highest BCUT2D eigenvalue weighted by Crippen LogP contribution is 2.21. The summed E-state index contributed by atoms with van der Waals surface area (Å²) in [6, 6.07) is 16.5. The van der Waals surface area contributed by atoms with Crippen molar-refractivity contribution < 1.29 is 19.1 Å². The van der Waals surface area contributed by atoms with Gasteiger partial charge in [0.05, 0.1) is 12.8 Å². The Morgan fingerprint density at radius 1 is 1.16 bits per heavy atom. The van der Waals surface area contributed by atoms with Crippen LogP contribution in [0.5, 0.6) is 5.75 Å². The molecule has 1 aromatic heterocycles. The zero-order valence-corrected chi connectivity index (χ0v) is 13.5. The van der Waals surface area contributed by atoms with Gasteiger partial charge in [0.1, 0.15) is 5.75 Å². The molecule has 6 nitrogen and oxygen atoms in total. The van der Waals surface area contributed by atoms with E-state index in [-0.39, 0.29) is 25.7 Å². The summed E-state index contributed by atoms with van der Waals surface area (Å²) >= 11 is 0. The van der Waals surface area contributed by atoms with E-state index in [1.165, 1.54) is 0 Å². The first-order valence-corrected chi connectivity index (χ1v) is 7.88. The molecule has 6 heteroatoms. The minimum atomic E-state index is -0.262. The van der Waals surface area contributed by atoms with Crippen LogP contribution in [0, 0.1) is 0 Å². The van der Waals surface area contributed by atoms with Crippen molar-refractivity contribution in [1.29, 1.82) is 0 Å². The molecule has 0 spiro atoms. The van der Waals surface area contributed by atoms with Gasteiger partial charge in [0.15, 0.2) is 12.4 Å². The monoisotopic (exact) mass is 338 g/mol. The van der Waals surface area contributed by atoms with E-state index in [1.54, 1.807) is 30.5 Å². The topological polar surface area (TPSA) is 84.6 Å². The highest BCUT2D eigenvalue weighted by molar-refractivity contribution is 5.94. The number of hydrogen-bond acceptors (Lipinski definition) is 5. The Labute approximate surface area is 145 Å². The summed E-state index contributed by atoms with van der Waals surface area (Å²) in [5.41, 5.74) is 1.41. The second kappa shape index (κ2) is 8.12. The van der Waals surface area contributed by atoms with Crippen molar-refractivity contribution in [2.45, 2.75) is 6.61 Å². The van der Waals surface area contributed by atoms with Crippen LogP contribution in [0.1, 0.15) is 16.2 Å². The van der Waals surface area contributed by atoms with Crippen LogP contribution in [0.3, 0.4) is 0 Å². The molecule has 0 aliphatic heterocycles. The fourth-order valence-corrected chi connectivity index (χ4v) is 2.26. The predicted octanol–water partition coefficient (Wildman–Crippen LogP) is 2.64. The molecule has 25 heavy (non-hydrogen) atoms. The molecule has 0 radical (unpaired) electrons. The zero-order valence-electron chi connectivity index (χ0n) is 13.5.